The minimum Gasteiger partial charge on any atom is -0.481 e. The topological polar surface area (TPSA) is 114 Å². The second kappa shape index (κ2) is 9.46. The second-order valence-corrected chi connectivity index (χ2v) is 9.23. The molecule has 5 rings (SSSR count). The van der Waals surface area contributed by atoms with Gasteiger partial charge in [0, 0.05) is 31.5 Å². The largest absolute Gasteiger partial charge is 0.481 e. The highest BCUT2D eigenvalue weighted by molar-refractivity contribution is 5.82. The average molecular weight is 465 g/mol. The molecule has 3 N–H and O–H groups in total. The SMILES string of the molecule is O=C(NC[C@H]1CCO[C@H]1C(=O)NCC1CC1C(=O)O)OCC1c2ccccc2-c2ccccc21. The van der Waals surface area contributed by atoms with Crippen molar-refractivity contribution < 1.29 is 29.0 Å². The van der Waals surface area contributed by atoms with Crippen LogP contribution in [0.5, 0.6) is 0 Å². The molecule has 3 aliphatic rings. The first kappa shape index (κ1) is 22.4. The third-order valence-electron chi connectivity index (χ3n) is 7.10. The summed E-state index contributed by atoms with van der Waals surface area (Å²) in [5.74, 6) is -1.62. The van der Waals surface area contributed by atoms with Crippen LogP contribution >= 0.6 is 0 Å². The van der Waals surface area contributed by atoms with Crippen molar-refractivity contribution in [1.82, 2.24) is 10.6 Å². The van der Waals surface area contributed by atoms with E-state index in [0.29, 0.717) is 26.0 Å². The first-order valence-corrected chi connectivity index (χ1v) is 11.7. The zero-order valence-electron chi connectivity index (χ0n) is 18.7. The number of carboxylic acid groups (broad SMARTS) is 1. The highest BCUT2D eigenvalue weighted by Crippen LogP contribution is 2.44. The van der Waals surface area contributed by atoms with E-state index in [4.69, 9.17) is 14.6 Å². The van der Waals surface area contributed by atoms with Crippen molar-refractivity contribution in [3.05, 3.63) is 59.7 Å². The normalized spacial score (nSPS) is 24.7. The van der Waals surface area contributed by atoms with Gasteiger partial charge in [0.15, 0.2) is 0 Å². The lowest BCUT2D eigenvalue weighted by Gasteiger charge is -2.19. The third kappa shape index (κ3) is 4.50. The first-order valence-electron chi connectivity index (χ1n) is 11.7. The number of amides is 2. The number of alkyl carbamates (subject to hydrolysis) is 1. The van der Waals surface area contributed by atoms with Crippen LogP contribution in [0.1, 0.15) is 29.9 Å². The summed E-state index contributed by atoms with van der Waals surface area (Å²) in [7, 11) is 0. The third-order valence-corrected chi connectivity index (χ3v) is 7.10. The lowest BCUT2D eigenvalue weighted by atomic mass is 9.98. The van der Waals surface area contributed by atoms with Crippen molar-refractivity contribution in [1.29, 1.82) is 0 Å². The minimum atomic E-state index is -0.818. The summed E-state index contributed by atoms with van der Waals surface area (Å²) in [6, 6.07) is 16.3. The summed E-state index contributed by atoms with van der Waals surface area (Å²) in [5.41, 5.74) is 4.64. The van der Waals surface area contributed by atoms with E-state index < -0.39 is 18.2 Å². The molecule has 1 heterocycles. The number of carbonyl (C=O) groups is 3. The number of aliphatic carboxylic acids is 1. The van der Waals surface area contributed by atoms with Gasteiger partial charge in [0.2, 0.25) is 5.91 Å². The molecule has 1 aliphatic heterocycles. The summed E-state index contributed by atoms with van der Waals surface area (Å²) in [6.45, 7) is 1.28. The molecule has 1 saturated carbocycles. The average Bonchev–Trinajstić information content (AvgIpc) is 3.36. The summed E-state index contributed by atoms with van der Waals surface area (Å²) < 4.78 is 11.2. The van der Waals surface area contributed by atoms with E-state index >= 15 is 0 Å². The Morgan fingerprint density at radius 3 is 2.24 bits per heavy atom. The molecule has 2 aromatic carbocycles. The molecular formula is C26H28N2O6. The number of hydrogen-bond acceptors (Lipinski definition) is 5. The number of rotatable bonds is 8. The van der Waals surface area contributed by atoms with E-state index in [-0.39, 0.29) is 42.7 Å². The molecule has 0 radical (unpaired) electrons. The van der Waals surface area contributed by atoms with Gasteiger partial charge in [0.05, 0.1) is 5.92 Å². The van der Waals surface area contributed by atoms with E-state index in [1.807, 2.05) is 24.3 Å². The Hall–Kier alpha value is -3.39. The maximum atomic E-state index is 12.5. The summed E-state index contributed by atoms with van der Waals surface area (Å²) in [4.78, 5) is 35.9. The van der Waals surface area contributed by atoms with Crippen molar-refractivity contribution in [2.75, 3.05) is 26.3 Å². The van der Waals surface area contributed by atoms with Crippen LogP contribution < -0.4 is 10.6 Å². The standard InChI is InChI=1S/C26H28N2O6/c29-24(27-13-16-11-21(16)25(30)31)23-15(9-10-33-23)12-28-26(32)34-14-22-19-7-3-1-5-17(19)18-6-2-4-8-20(18)22/h1-8,15-16,21-23H,9-14H2,(H,27,29)(H,28,32)(H,30,31)/t15-,16?,21?,23-/m1/s1. The molecule has 2 aliphatic carbocycles. The van der Waals surface area contributed by atoms with E-state index in [1.165, 1.54) is 11.1 Å². The number of hydrogen-bond donors (Lipinski definition) is 3. The van der Waals surface area contributed by atoms with E-state index in [1.54, 1.807) is 0 Å². The quantitative estimate of drug-likeness (QED) is 0.554. The van der Waals surface area contributed by atoms with Crippen molar-refractivity contribution in [3.63, 3.8) is 0 Å². The van der Waals surface area contributed by atoms with Gasteiger partial charge in [-0.2, -0.15) is 0 Å². The maximum absolute atomic E-state index is 12.5. The van der Waals surface area contributed by atoms with E-state index in [2.05, 4.69) is 34.9 Å². The monoisotopic (exact) mass is 464 g/mol. The van der Waals surface area contributed by atoms with Crippen molar-refractivity contribution in [2.24, 2.45) is 17.8 Å². The highest BCUT2D eigenvalue weighted by atomic mass is 16.5. The first-order chi connectivity index (χ1) is 16.5. The van der Waals surface area contributed by atoms with Gasteiger partial charge >= 0.3 is 12.1 Å². The number of carboxylic acids is 1. The molecule has 1 saturated heterocycles. The van der Waals surface area contributed by atoms with Gasteiger partial charge in [0.25, 0.3) is 0 Å². The highest BCUT2D eigenvalue weighted by Gasteiger charge is 2.44. The molecule has 2 aromatic rings. The fourth-order valence-electron chi connectivity index (χ4n) is 5.10. The van der Waals surface area contributed by atoms with E-state index in [0.717, 1.165) is 11.1 Å². The molecular weight excluding hydrogens is 436 g/mol. The Morgan fingerprint density at radius 1 is 0.941 bits per heavy atom. The molecule has 0 bridgehead atoms. The fraction of sp³-hybridized carbons (Fsp3) is 0.423. The minimum absolute atomic E-state index is 0.0106. The Labute approximate surface area is 197 Å². The fourth-order valence-corrected chi connectivity index (χ4v) is 5.10. The predicted octanol–water partition coefficient (Wildman–Crippen LogP) is 2.77. The zero-order valence-corrected chi connectivity index (χ0v) is 18.7. The molecule has 2 unspecified atom stereocenters. The van der Waals surface area contributed by atoms with Crippen LogP contribution in [0.15, 0.2) is 48.5 Å². The van der Waals surface area contributed by atoms with Crippen LogP contribution in [0, 0.1) is 17.8 Å². The lowest BCUT2D eigenvalue weighted by molar-refractivity contribution is -0.139. The molecule has 0 aromatic heterocycles. The molecule has 8 heteroatoms. The molecule has 2 amide bonds. The van der Waals surface area contributed by atoms with Crippen LogP contribution in [-0.2, 0) is 19.1 Å². The van der Waals surface area contributed by atoms with Gasteiger partial charge in [-0.3, -0.25) is 9.59 Å². The Bertz CT molecular complexity index is 1060. The van der Waals surface area contributed by atoms with Crippen molar-refractivity contribution >= 4 is 18.0 Å². The lowest BCUT2D eigenvalue weighted by Crippen LogP contribution is -2.43. The van der Waals surface area contributed by atoms with Crippen LogP contribution in [0.25, 0.3) is 11.1 Å². The number of nitrogens with one attached hydrogen (secondary N) is 2. The number of benzene rings is 2. The summed E-state index contributed by atoms with van der Waals surface area (Å²) in [6.07, 6.45) is 0.0720. The molecule has 8 nitrogen and oxygen atoms in total. The second-order valence-electron chi connectivity index (χ2n) is 9.23. The van der Waals surface area contributed by atoms with Crippen LogP contribution in [0.4, 0.5) is 4.79 Å². The maximum Gasteiger partial charge on any atom is 0.407 e. The van der Waals surface area contributed by atoms with Gasteiger partial charge in [-0.05, 0) is 41.0 Å². The van der Waals surface area contributed by atoms with Crippen molar-refractivity contribution in [2.45, 2.75) is 24.9 Å². The molecule has 2 fully saturated rings. The predicted molar refractivity (Wildman–Crippen MR) is 123 cm³/mol. The van der Waals surface area contributed by atoms with Gasteiger partial charge in [-0.25, -0.2) is 4.79 Å². The van der Waals surface area contributed by atoms with Gasteiger partial charge in [-0.1, -0.05) is 48.5 Å². The Kier molecular flexibility index (Phi) is 6.24. The van der Waals surface area contributed by atoms with Gasteiger partial charge in [0.1, 0.15) is 12.7 Å². The number of ether oxygens (including phenoxy) is 2. The van der Waals surface area contributed by atoms with Crippen molar-refractivity contribution in [3.8, 4) is 11.1 Å². The molecule has 4 atom stereocenters. The number of fused-ring (bicyclic) bond motifs is 3. The van der Waals surface area contributed by atoms with E-state index in [9.17, 15) is 14.4 Å². The van der Waals surface area contributed by atoms with Gasteiger partial charge < -0.3 is 25.2 Å². The Balaban J connectivity index is 1.10. The zero-order chi connectivity index (χ0) is 23.7. The Morgan fingerprint density at radius 2 is 1.59 bits per heavy atom. The van der Waals surface area contributed by atoms with Crippen LogP contribution in [-0.4, -0.2) is 55.5 Å². The molecule has 34 heavy (non-hydrogen) atoms. The smallest absolute Gasteiger partial charge is 0.407 e. The van der Waals surface area contributed by atoms with Gasteiger partial charge in [-0.15, -0.1) is 0 Å². The number of carbonyl (C=O) groups excluding carboxylic acids is 2. The van der Waals surface area contributed by atoms with Crippen LogP contribution in [0.3, 0.4) is 0 Å². The van der Waals surface area contributed by atoms with Crippen LogP contribution in [0.2, 0.25) is 0 Å². The summed E-state index contributed by atoms with van der Waals surface area (Å²) >= 11 is 0. The molecule has 0 spiro atoms. The molecule has 178 valence electrons. The summed E-state index contributed by atoms with van der Waals surface area (Å²) in [5, 5.41) is 14.6.